The topological polar surface area (TPSA) is 89.2 Å². The molecule has 1 saturated heterocycles. The van der Waals surface area contributed by atoms with Gasteiger partial charge < -0.3 is 5.73 Å². The molecule has 0 unspecified atom stereocenters. The summed E-state index contributed by atoms with van der Waals surface area (Å²) in [7, 11) is -2.91. The molecule has 1 aromatic heterocycles. The maximum absolute atomic E-state index is 11.8. The number of fused-ring (bicyclic) bond motifs is 1. The molecule has 3 rings (SSSR count). The van der Waals surface area contributed by atoms with Crippen LogP contribution in [-0.4, -0.2) is 47.4 Å². The highest BCUT2D eigenvalue weighted by Crippen LogP contribution is 2.22. The first-order valence-corrected chi connectivity index (χ1v) is 10.3. The van der Waals surface area contributed by atoms with Crippen LogP contribution in [0.2, 0.25) is 0 Å². The molecule has 1 aromatic carbocycles. The second-order valence-corrected chi connectivity index (χ2v) is 8.65. The molecule has 6 nitrogen and oxygen atoms in total. The smallest absolute Gasteiger partial charge is 0.151 e. The Morgan fingerprint density at radius 2 is 2.08 bits per heavy atom. The van der Waals surface area contributed by atoms with Gasteiger partial charge in [-0.25, -0.2) is 18.4 Å². The maximum atomic E-state index is 11.8. The first-order chi connectivity index (χ1) is 11.5. The molecule has 1 atom stereocenters. The predicted molar refractivity (Wildman–Crippen MR) is 96.3 cm³/mol. The Hall–Kier alpha value is -1.73. The van der Waals surface area contributed by atoms with Crippen LogP contribution in [0.25, 0.3) is 10.9 Å². The van der Waals surface area contributed by atoms with Gasteiger partial charge in [-0.15, -0.1) is 0 Å². The molecule has 2 N–H and O–H groups in total. The standard InChI is InChI=1S/C17H24N4O2S/c1-2-3-9-21(13-8-10-24(22,23)12-13)11-16-19-15-7-5-4-6-14(15)17(18)20-16/h4-7,13H,2-3,8-12H2,1H3,(H2,18,19,20)/t13-/m0/s1. The van der Waals surface area contributed by atoms with Gasteiger partial charge >= 0.3 is 0 Å². The van der Waals surface area contributed by atoms with Gasteiger partial charge in [0.25, 0.3) is 0 Å². The number of rotatable bonds is 6. The number of benzene rings is 1. The highest BCUT2D eigenvalue weighted by Gasteiger charge is 2.32. The molecule has 130 valence electrons. The van der Waals surface area contributed by atoms with Crippen molar-refractivity contribution in [1.29, 1.82) is 0 Å². The van der Waals surface area contributed by atoms with Crippen molar-refractivity contribution in [2.75, 3.05) is 23.8 Å². The number of nitrogens with two attached hydrogens (primary N) is 1. The second-order valence-electron chi connectivity index (χ2n) is 6.42. The minimum Gasteiger partial charge on any atom is -0.383 e. The number of unbranched alkanes of at least 4 members (excludes halogenated alkanes) is 1. The van der Waals surface area contributed by atoms with Gasteiger partial charge in [-0.3, -0.25) is 4.90 Å². The summed E-state index contributed by atoms with van der Waals surface area (Å²) in [4.78, 5) is 11.2. The average Bonchev–Trinajstić information content (AvgIpc) is 2.91. The fourth-order valence-electron chi connectivity index (χ4n) is 3.22. The van der Waals surface area contributed by atoms with Crippen LogP contribution in [0.3, 0.4) is 0 Å². The Morgan fingerprint density at radius 3 is 2.79 bits per heavy atom. The van der Waals surface area contributed by atoms with Gasteiger partial charge in [0.1, 0.15) is 11.6 Å². The quantitative estimate of drug-likeness (QED) is 0.859. The van der Waals surface area contributed by atoms with Crippen LogP contribution in [0.15, 0.2) is 24.3 Å². The van der Waals surface area contributed by atoms with Crippen LogP contribution in [0.1, 0.15) is 32.0 Å². The van der Waals surface area contributed by atoms with Crippen molar-refractivity contribution in [3.8, 4) is 0 Å². The zero-order valence-electron chi connectivity index (χ0n) is 14.0. The van der Waals surface area contributed by atoms with Crippen molar-refractivity contribution in [3.05, 3.63) is 30.1 Å². The molecule has 0 radical (unpaired) electrons. The van der Waals surface area contributed by atoms with Crippen molar-refractivity contribution in [2.24, 2.45) is 0 Å². The molecule has 0 bridgehead atoms. The molecule has 0 aliphatic carbocycles. The van der Waals surface area contributed by atoms with Crippen LogP contribution in [0.4, 0.5) is 5.82 Å². The van der Waals surface area contributed by atoms with Crippen molar-refractivity contribution in [3.63, 3.8) is 0 Å². The molecule has 0 spiro atoms. The van der Waals surface area contributed by atoms with Crippen molar-refractivity contribution in [2.45, 2.75) is 38.8 Å². The number of hydrogen-bond acceptors (Lipinski definition) is 6. The molecular formula is C17H24N4O2S. The van der Waals surface area contributed by atoms with E-state index in [-0.39, 0.29) is 17.5 Å². The second kappa shape index (κ2) is 7.03. The first-order valence-electron chi connectivity index (χ1n) is 8.44. The van der Waals surface area contributed by atoms with Crippen LogP contribution in [0.5, 0.6) is 0 Å². The number of hydrogen-bond donors (Lipinski definition) is 1. The van der Waals surface area contributed by atoms with Crippen LogP contribution in [0, 0.1) is 0 Å². The van der Waals surface area contributed by atoms with E-state index in [1.165, 1.54) is 0 Å². The summed E-state index contributed by atoms with van der Waals surface area (Å²) in [5.41, 5.74) is 6.89. The molecule has 1 aliphatic rings. The third-order valence-electron chi connectivity index (χ3n) is 4.55. The predicted octanol–water partition coefficient (Wildman–Crippen LogP) is 2.00. The zero-order chi connectivity index (χ0) is 17.2. The summed E-state index contributed by atoms with van der Waals surface area (Å²) in [5.74, 6) is 1.65. The number of sulfone groups is 1. The molecular weight excluding hydrogens is 324 g/mol. The van der Waals surface area contributed by atoms with Crippen molar-refractivity contribution >= 4 is 26.6 Å². The lowest BCUT2D eigenvalue weighted by Gasteiger charge is -2.27. The van der Waals surface area contributed by atoms with E-state index in [1.54, 1.807) is 0 Å². The van der Waals surface area contributed by atoms with Gasteiger partial charge in [0.05, 0.1) is 23.6 Å². The van der Waals surface area contributed by atoms with E-state index in [2.05, 4.69) is 21.8 Å². The Morgan fingerprint density at radius 1 is 1.29 bits per heavy atom. The molecule has 2 aromatic rings. The lowest BCUT2D eigenvalue weighted by molar-refractivity contribution is 0.196. The van der Waals surface area contributed by atoms with Gasteiger partial charge in [-0.2, -0.15) is 0 Å². The number of nitrogens with zero attached hydrogens (tertiary/aromatic N) is 3. The Labute approximate surface area is 143 Å². The van der Waals surface area contributed by atoms with Crippen LogP contribution < -0.4 is 5.73 Å². The fourth-order valence-corrected chi connectivity index (χ4v) is 4.98. The first kappa shape index (κ1) is 17.1. The van der Waals surface area contributed by atoms with Gasteiger partial charge in [-0.1, -0.05) is 25.5 Å². The van der Waals surface area contributed by atoms with Gasteiger partial charge in [0.2, 0.25) is 0 Å². The summed E-state index contributed by atoms with van der Waals surface area (Å²) >= 11 is 0. The van der Waals surface area contributed by atoms with E-state index in [0.29, 0.717) is 24.6 Å². The van der Waals surface area contributed by atoms with Crippen LogP contribution >= 0.6 is 0 Å². The van der Waals surface area contributed by atoms with Gasteiger partial charge in [0, 0.05) is 11.4 Å². The van der Waals surface area contributed by atoms with Gasteiger partial charge in [0.15, 0.2) is 9.84 Å². The molecule has 1 aliphatic heterocycles. The van der Waals surface area contributed by atoms with Crippen LogP contribution in [-0.2, 0) is 16.4 Å². The fraction of sp³-hybridized carbons (Fsp3) is 0.529. The summed E-state index contributed by atoms with van der Waals surface area (Å²) in [6, 6.07) is 7.73. The number of aromatic nitrogens is 2. The molecule has 1 fully saturated rings. The Bertz CT molecular complexity index is 822. The lowest BCUT2D eigenvalue weighted by atomic mass is 10.2. The van der Waals surface area contributed by atoms with E-state index >= 15 is 0 Å². The molecule has 0 saturated carbocycles. The Kier molecular flexibility index (Phi) is 5.01. The zero-order valence-corrected chi connectivity index (χ0v) is 14.8. The molecule has 24 heavy (non-hydrogen) atoms. The average molecular weight is 348 g/mol. The minimum absolute atomic E-state index is 0.0536. The SMILES string of the molecule is CCCCN(Cc1nc(N)c2ccccc2n1)[C@H]1CCS(=O)(=O)C1. The highest BCUT2D eigenvalue weighted by atomic mass is 32.2. The molecule has 2 heterocycles. The monoisotopic (exact) mass is 348 g/mol. The highest BCUT2D eigenvalue weighted by molar-refractivity contribution is 7.91. The number of anilines is 1. The number of para-hydroxylation sites is 1. The minimum atomic E-state index is -2.91. The third-order valence-corrected chi connectivity index (χ3v) is 6.30. The van der Waals surface area contributed by atoms with Crippen molar-refractivity contribution < 1.29 is 8.42 Å². The normalized spacial score (nSPS) is 20.0. The Balaban J connectivity index is 1.84. The number of nitrogen functional groups attached to an aromatic ring is 1. The van der Waals surface area contributed by atoms with E-state index in [1.807, 2.05) is 24.3 Å². The summed E-state index contributed by atoms with van der Waals surface area (Å²) in [6.07, 6.45) is 2.78. The largest absolute Gasteiger partial charge is 0.383 e. The van der Waals surface area contributed by atoms with E-state index < -0.39 is 9.84 Å². The summed E-state index contributed by atoms with van der Waals surface area (Å²) < 4.78 is 23.6. The third kappa shape index (κ3) is 3.84. The lowest BCUT2D eigenvalue weighted by Crippen LogP contribution is -2.37. The summed E-state index contributed by atoms with van der Waals surface area (Å²) in [5, 5.41) is 0.852. The summed E-state index contributed by atoms with van der Waals surface area (Å²) in [6.45, 7) is 3.52. The van der Waals surface area contributed by atoms with E-state index in [4.69, 9.17) is 5.73 Å². The van der Waals surface area contributed by atoms with E-state index in [0.717, 1.165) is 30.3 Å². The molecule has 7 heteroatoms. The maximum Gasteiger partial charge on any atom is 0.151 e. The van der Waals surface area contributed by atoms with Crippen molar-refractivity contribution in [1.82, 2.24) is 14.9 Å². The molecule has 0 amide bonds. The van der Waals surface area contributed by atoms with Gasteiger partial charge in [-0.05, 0) is 31.5 Å². The van der Waals surface area contributed by atoms with E-state index in [9.17, 15) is 8.42 Å².